The van der Waals surface area contributed by atoms with E-state index in [9.17, 15) is 9.18 Å². The Kier molecular flexibility index (Phi) is 4.62. The van der Waals surface area contributed by atoms with Crippen LogP contribution in [0.25, 0.3) is 0 Å². The molecular formula is C13H15FN4OS. The number of pyridine rings is 1. The second-order valence-electron chi connectivity index (χ2n) is 4.40. The Balaban J connectivity index is 1.85. The molecule has 20 heavy (non-hydrogen) atoms. The van der Waals surface area contributed by atoms with Crippen LogP contribution < -0.4 is 10.6 Å². The third kappa shape index (κ3) is 3.74. The van der Waals surface area contributed by atoms with Gasteiger partial charge in [0.25, 0.3) is 0 Å². The van der Waals surface area contributed by atoms with E-state index >= 15 is 0 Å². The number of aromatic nitrogens is 2. The number of hydrogen-bond donors (Lipinski definition) is 2. The molecule has 0 aliphatic rings. The summed E-state index contributed by atoms with van der Waals surface area (Å²) in [5, 5.41) is 7.98. The smallest absolute Gasteiger partial charge is 0.320 e. The molecule has 0 aliphatic carbocycles. The van der Waals surface area contributed by atoms with Gasteiger partial charge in [-0.05, 0) is 19.1 Å². The van der Waals surface area contributed by atoms with Crippen molar-refractivity contribution in [1.82, 2.24) is 15.3 Å². The summed E-state index contributed by atoms with van der Waals surface area (Å²) in [6.07, 6.45) is 1.42. The maximum Gasteiger partial charge on any atom is 0.320 e. The van der Waals surface area contributed by atoms with Crippen molar-refractivity contribution in [2.24, 2.45) is 0 Å². The van der Waals surface area contributed by atoms with E-state index in [0.717, 1.165) is 10.7 Å². The first-order valence-corrected chi connectivity index (χ1v) is 7.01. The van der Waals surface area contributed by atoms with Gasteiger partial charge in [-0.15, -0.1) is 11.3 Å². The normalized spacial score (nSPS) is 11.9. The Morgan fingerprint density at radius 1 is 1.55 bits per heavy atom. The highest BCUT2D eigenvalue weighted by Crippen LogP contribution is 2.18. The average molecular weight is 294 g/mol. The highest BCUT2D eigenvalue weighted by Gasteiger charge is 2.12. The molecule has 1 unspecified atom stereocenters. The first-order chi connectivity index (χ1) is 9.56. The lowest BCUT2D eigenvalue weighted by Crippen LogP contribution is -2.32. The molecule has 2 aromatic heterocycles. The summed E-state index contributed by atoms with van der Waals surface area (Å²) < 4.78 is 13.3. The van der Waals surface area contributed by atoms with Crippen molar-refractivity contribution in [1.29, 1.82) is 0 Å². The zero-order valence-corrected chi connectivity index (χ0v) is 12.0. The van der Waals surface area contributed by atoms with Crippen molar-refractivity contribution in [3.8, 4) is 0 Å². The molecule has 1 atom stereocenters. The van der Waals surface area contributed by atoms with E-state index in [-0.39, 0.29) is 11.7 Å². The molecule has 0 spiro atoms. The molecule has 0 radical (unpaired) electrons. The quantitative estimate of drug-likeness (QED) is 0.911. The van der Waals surface area contributed by atoms with E-state index in [1.165, 1.54) is 18.3 Å². The predicted molar refractivity (Wildman–Crippen MR) is 76.5 cm³/mol. The van der Waals surface area contributed by atoms with Crippen molar-refractivity contribution >= 4 is 23.2 Å². The summed E-state index contributed by atoms with van der Waals surface area (Å²) >= 11 is 1.56. The van der Waals surface area contributed by atoms with E-state index in [2.05, 4.69) is 20.6 Å². The van der Waals surface area contributed by atoms with Gasteiger partial charge in [-0.1, -0.05) is 6.92 Å². The fourth-order valence-electron chi connectivity index (χ4n) is 1.56. The zero-order chi connectivity index (χ0) is 14.5. The molecule has 0 bridgehead atoms. The van der Waals surface area contributed by atoms with Crippen LogP contribution in [0.3, 0.4) is 0 Å². The van der Waals surface area contributed by atoms with Crippen LogP contribution in [0.4, 0.5) is 15.0 Å². The number of nitrogens with zero attached hydrogens (tertiary/aromatic N) is 2. The standard InChI is InChI=1S/C13H15FN4OS/c1-8(12-17-9(2)7-20-12)6-16-13(19)18-11-10(14)4-3-5-15-11/h3-5,7-8H,6H2,1-2H3,(H2,15,16,18,19). The molecule has 106 valence electrons. The number of hydrogen-bond acceptors (Lipinski definition) is 4. The second-order valence-corrected chi connectivity index (χ2v) is 5.29. The Morgan fingerprint density at radius 2 is 2.35 bits per heavy atom. The van der Waals surface area contributed by atoms with Crippen molar-refractivity contribution in [3.05, 3.63) is 40.2 Å². The van der Waals surface area contributed by atoms with Gasteiger partial charge in [0, 0.05) is 29.7 Å². The Morgan fingerprint density at radius 3 is 3.00 bits per heavy atom. The highest BCUT2D eigenvalue weighted by atomic mass is 32.1. The van der Waals surface area contributed by atoms with E-state index in [4.69, 9.17) is 0 Å². The highest BCUT2D eigenvalue weighted by molar-refractivity contribution is 7.09. The van der Waals surface area contributed by atoms with Crippen molar-refractivity contribution in [3.63, 3.8) is 0 Å². The Bertz CT molecular complexity index is 602. The lowest BCUT2D eigenvalue weighted by molar-refractivity contribution is 0.251. The van der Waals surface area contributed by atoms with Crippen LogP contribution in [0.1, 0.15) is 23.5 Å². The van der Waals surface area contributed by atoms with Gasteiger partial charge in [0.1, 0.15) is 0 Å². The van der Waals surface area contributed by atoms with Gasteiger partial charge in [0.05, 0.1) is 5.01 Å². The van der Waals surface area contributed by atoms with E-state index < -0.39 is 11.8 Å². The summed E-state index contributed by atoms with van der Waals surface area (Å²) in [6, 6.07) is 2.22. The minimum atomic E-state index is -0.564. The third-order valence-electron chi connectivity index (χ3n) is 2.62. The minimum Gasteiger partial charge on any atom is -0.337 e. The van der Waals surface area contributed by atoms with E-state index in [1.54, 1.807) is 11.3 Å². The minimum absolute atomic E-state index is 0.0808. The topological polar surface area (TPSA) is 66.9 Å². The molecule has 2 aromatic rings. The Labute approximate surface area is 120 Å². The number of rotatable bonds is 4. The number of nitrogens with one attached hydrogen (secondary N) is 2. The first-order valence-electron chi connectivity index (χ1n) is 6.13. The summed E-state index contributed by atoms with van der Waals surface area (Å²) in [6.45, 7) is 4.32. The first kappa shape index (κ1) is 14.4. The number of carbonyl (C=O) groups is 1. The van der Waals surface area contributed by atoms with Crippen LogP contribution >= 0.6 is 11.3 Å². The number of aryl methyl sites for hydroxylation is 1. The molecule has 5 nitrogen and oxygen atoms in total. The third-order valence-corrected chi connectivity index (χ3v) is 3.81. The molecular weight excluding hydrogens is 279 g/mol. The monoisotopic (exact) mass is 294 g/mol. The maximum absolute atomic E-state index is 13.3. The number of halogens is 1. The maximum atomic E-state index is 13.3. The predicted octanol–water partition coefficient (Wildman–Crippen LogP) is 2.91. The SMILES string of the molecule is Cc1csc(C(C)CNC(=O)Nc2ncccc2F)n1. The number of urea groups is 1. The number of thiazole rings is 1. The molecule has 2 amide bonds. The van der Waals surface area contributed by atoms with Crippen LogP contribution in [0.5, 0.6) is 0 Å². The van der Waals surface area contributed by atoms with E-state index in [1.807, 2.05) is 19.2 Å². The fourth-order valence-corrected chi connectivity index (χ4v) is 2.42. The van der Waals surface area contributed by atoms with Gasteiger partial charge in [-0.25, -0.2) is 19.2 Å². The van der Waals surface area contributed by atoms with Crippen LogP contribution in [0.2, 0.25) is 0 Å². The van der Waals surface area contributed by atoms with Crippen LogP contribution in [-0.2, 0) is 0 Å². The molecule has 0 fully saturated rings. The molecule has 2 rings (SSSR count). The number of anilines is 1. The summed E-state index contributed by atoms with van der Waals surface area (Å²) in [4.78, 5) is 19.8. The molecule has 7 heteroatoms. The summed E-state index contributed by atoms with van der Waals surface area (Å²) in [7, 11) is 0. The van der Waals surface area contributed by atoms with Gasteiger partial charge >= 0.3 is 6.03 Å². The largest absolute Gasteiger partial charge is 0.337 e. The summed E-state index contributed by atoms with van der Waals surface area (Å²) in [5.41, 5.74) is 0.969. The number of carbonyl (C=O) groups excluding carboxylic acids is 1. The average Bonchev–Trinajstić information content (AvgIpc) is 2.85. The number of amides is 2. The van der Waals surface area contributed by atoms with Gasteiger partial charge < -0.3 is 5.32 Å². The molecule has 0 aliphatic heterocycles. The van der Waals surface area contributed by atoms with Crippen LogP contribution in [-0.4, -0.2) is 22.5 Å². The molecule has 2 heterocycles. The lowest BCUT2D eigenvalue weighted by atomic mass is 10.2. The second kappa shape index (κ2) is 6.42. The van der Waals surface area contributed by atoms with Crippen molar-refractivity contribution < 1.29 is 9.18 Å². The van der Waals surface area contributed by atoms with E-state index in [0.29, 0.717) is 6.54 Å². The van der Waals surface area contributed by atoms with Gasteiger partial charge in [-0.3, -0.25) is 5.32 Å². The Hall–Kier alpha value is -2.02. The van der Waals surface area contributed by atoms with Gasteiger partial charge in [-0.2, -0.15) is 0 Å². The molecule has 0 saturated carbocycles. The van der Waals surface area contributed by atoms with Gasteiger partial charge in [0.15, 0.2) is 11.6 Å². The molecule has 0 aromatic carbocycles. The zero-order valence-electron chi connectivity index (χ0n) is 11.2. The molecule has 2 N–H and O–H groups in total. The lowest BCUT2D eigenvalue weighted by Gasteiger charge is -2.11. The van der Waals surface area contributed by atoms with Crippen molar-refractivity contribution in [2.75, 3.05) is 11.9 Å². The fraction of sp³-hybridized carbons (Fsp3) is 0.308. The van der Waals surface area contributed by atoms with Crippen LogP contribution in [0.15, 0.2) is 23.7 Å². The van der Waals surface area contributed by atoms with Crippen molar-refractivity contribution in [2.45, 2.75) is 19.8 Å². The van der Waals surface area contributed by atoms with Gasteiger partial charge in [0.2, 0.25) is 0 Å². The van der Waals surface area contributed by atoms with Crippen LogP contribution in [0, 0.1) is 12.7 Å². The molecule has 0 saturated heterocycles. The summed E-state index contributed by atoms with van der Waals surface area (Å²) in [5.74, 6) is -0.540.